The first-order chi connectivity index (χ1) is 8.98. The van der Waals surface area contributed by atoms with Crippen LogP contribution in [0.3, 0.4) is 0 Å². The van der Waals surface area contributed by atoms with Crippen LogP contribution in [-0.2, 0) is 6.42 Å². The Morgan fingerprint density at radius 2 is 1.89 bits per heavy atom. The smallest absolute Gasteiger partial charge is 0.373 e. The third-order valence-electron chi connectivity index (χ3n) is 2.61. The van der Waals surface area contributed by atoms with Gasteiger partial charge >= 0.3 is 6.18 Å². The topological polar surface area (TPSA) is 49.8 Å². The first-order valence-electron chi connectivity index (χ1n) is 6.30. The number of aromatic nitrogens is 2. The molecule has 0 fully saturated rings. The molecule has 0 radical (unpaired) electrons. The maximum Gasteiger partial charge on any atom is 0.389 e. The highest BCUT2D eigenvalue weighted by atomic mass is 19.4. The number of rotatable bonds is 7. The monoisotopic (exact) mass is 276 g/mol. The fourth-order valence-electron chi connectivity index (χ4n) is 1.76. The van der Waals surface area contributed by atoms with Gasteiger partial charge in [-0.1, -0.05) is 13.3 Å². The van der Waals surface area contributed by atoms with E-state index in [4.69, 9.17) is 0 Å². The van der Waals surface area contributed by atoms with Gasteiger partial charge in [0.05, 0.1) is 0 Å². The summed E-state index contributed by atoms with van der Waals surface area (Å²) in [6, 6.07) is 0. The van der Waals surface area contributed by atoms with Crippen molar-refractivity contribution in [3.8, 4) is 0 Å². The lowest BCUT2D eigenvalue weighted by Crippen LogP contribution is -2.13. The molecule has 0 amide bonds. The number of hydrogen-bond donors (Lipinski definition) is 2. The molecule has 19 heavy (non-hydrogen) atoms. The van der Waals surface area contributed by atoms with Gasteiger partial charge in [-0.15, -0.1) is 0 Å². The van der Waals surface area contributed by atoms with E-state index in [1.54, 1.807) is 7.05 Å². The van der Waals surface area contributed by atoms with E-state index in [0.29, 0.717) is 5.82 Å². The molecule has 0 spiro atoms. The van der Waals surface area contributed by atoms with Crippen LogP contribution in [0.1, 0.15) is 31.7 Å². The van der Waals surface area contributed by atoms with E-state index in [0.717, 1.165) is 24.2 Å². The third kappa shape index (κ3) is 5.32. The summed E-state index contributed by atoms with van der Waals surface area (Å²) >= 11 is 0. The molecule has 0 atom stereocenters. The quantitative estimate of drug-likeness (QED) is 0.751. The molecule has 2 N–H and O–H groups in total. The fraction of sp³-hybridized carbons (Fsp3) is 0.667. The van der Waals surface area contributed by atoms with Crippen LogP contribution in [-0.4, -0.2) is 29.7 Å². The largest absolute Gasteiger partial charge is 0.389 e. The normalized spacial score (nSPS) is 11.4. The molecule has 0 aromatic carbocycles. The van der Waals surface area contributed by atoms with E-state index in [2.05, 4.69) is 20.6 Å². The van der Waals surface area contributed by atoms with Crippen LogP contribution < -0.4 is 10.6 Å². The zero-order valence-corrected chi connectivity index (χ0v) is 11.1. The average molecular weight is 276 g/mol. The molecule has 1 aromatic rings. The van der Waals surface area contributed by atoms with E-state index in [1.165, 1.54) is 6.33 Å². The van der Waals surface area contributed by atoms with Crippen LogP contribution in [0.4, 0.5) is 24.8 Å². The maximum absolute atomic E-state index is 12.0. The minimum Gasteiger partial charge on any atom is -0.373 e. The Morgan fingerprint density at radius 3 is 2.47 bits per heavy atom. The highest BCUT2D eigenvalue weighted by molar-refractivity contribution is 5.57. The molecule has 0 aliphatic carbocycles. The summed E-state index contributed by atoms with van der Waals surface area (Å²) in [5.41, 5.74) is 0.916. The van der Waals surface area contributed by atoms with Crippen molar-refractivity contribution in [3.05, 3.63) is 11.9 Å². The zero-order valence-electron chi connectivity index (χ0n) is 11.1. The molecule has 7 heteroatoms. The van der Waals surface area contributed by atoms with Gasteiger partial charge in [-0.25, -0.2) is 9.97 Å². The molecular weight excluding hydrogens is 257 g/mol. The Labute approximate surface area is 110 Å². The van der Waals surface area contributed by atoms with Gasteiger partial charge in [0.25, 0.3) is 0 Å². The molecule has 0 bridgehead atoms. The van der Waals surface area contributed by atoms with Gasteiger partial charge < -0.3 is 10.6 Å². The van der Waals surface area contributed by atoms with Crippen LogP contribution in [0.5, 0.6) is 0 Å². The Bertz CT molecular complexity index is 393. The van der Waals surface area contributed by atoms with E-state index in [1.807, 2.05) is 6.92 Å². The van der Waals surface area contributed by atoms with E-state index in [-0.39, 0.29) is 13.0 Å². The Hall–Kier alpha value is -1.53. The van der Waals surface area contributed by atoms with Gasteiger partial charge in [0.15, 0.2) is 0 Å². The summed E-state index contributed by atoms with van der Waals surface area (Å²) in [6.07, 6.45) is -1.76. The molecule has 0 aliphatic heterocycles. The van der Waals surface area contributed by atoms with Crippen molar-refractivity contribution >= 4 is 11.6 Å². The van der Waals surface area contributed by atoms with Gasteiger partial charge in [-0.2, -0.15) is 13.2 Å². The van der Waals surface area contributed by atoms with Crippen molar-refractivity contribution in [2.45, 2.75) is 38.8 Å². The predicted octanol–water partition coefficient (Wildman–Crippen LogP) is 3.23. The second kappa shape index (κ2) is 7.16. The molecule has 4 nitrogen and oxygen atoms in total. The predicted molar refractivity (Wildman–Crippen MR) is 69.4 cm³/mol. The summed E-state index contributed by atoms with van der Waals surface area (Å²) in [5.74, 6) is 1.33. The molecule has 0 aliphatic rings. The second-order valence-corrected chi connectivity index (χ2v) is 4.19. The molecular formula is C12H19F3N4. The zero-order chi connectivity index (χ0) is 14.3. The van der Waals surface area contributed by atoms with E-state index in [9.17, 15) is 13.2 Å². The Morgan fingerprint density at radius 1 is 1.21 bits per heavy atom. The molecule has 0 saturated heterocycles. The van der Waals surface area contributed by atoms with E-state index < -0.39 is 12.6 Å². The molecule has 0 saturated carbocycles. The highest BCUT2D eigenvalue weighted by Gasteiger charge is 2.25. The van der Waals surface area contributed by atoms with Crippen LogP contribution >= 0.6 is 0 Å². The standard InChI is InChI=1S/C12H19F3N4/c1-3-5-9-10(16-2)18-8-19-11(9)17-7-4-6-12(13,14)15/h8H,3-7H2,1-2H3,(H2,16,17,18,19). The van der Waals surface area contributed by atoms with E-state index >= 15 is 0 Å². The SMILES string of the molecule is CCCc1c(NC)ncnc1NCCCC(F)(F)F. The van der Waals surface area contributed by atoms with Crippen LogP contribution in [0.2, 0.25) is 0 Å². The number of alkyl halides is 3. The third-order valence-corrected chi connectivity index (χ3v) is 2.61. The van der Waals surface area contributed by atoms with Gasteiger partial charge in [0, 0.05) is 25.6 Å². The number of anilines is 2. The molecule has 1 rings (SSSR count). The first kappa shape index (κ1) is 15.5. The van der Waals surface area contributed by atoms with Crippen LogP contribution in [0.15, 0.2) is 6.33 Å². The van der Waals surface area contributed by atoms with Crippen molar-refractivity contribution in [1.82, 2.24) is 9.97 Å². The molecule has 1 aromatic heterocycles. The van der Waals surface area contributed by atoms with Crippen molar-refractivity contribution in [2.24, 2.45) is 0 Å². The Balaban J connectivity index is 2.62. The second-order valence-electron chi connectivity index (χ2n) is 4.19. The lowest BCUT2D eigenvalue weighted by Gasteiger charge is -2.13. The molecule has 0 unspecified atom stereocenters. The van der Waals surface area contributed by atoms with Crippen LogP contribution in [0.25, 0.3) is 0 Å². The molecule has 1 heterocycles. The fourth-order valence-corrected chi connectivity index (χ4v) is 1.76. The lowest BCUT2D eigenvalue weighted by molar-refractivity contribution is -0.134. The minimum absolute atomic E-state index is 0.0357. The van der Waals surface area contributed by atoms with Gasteiger partial charge in [-0.3, -0.25) is 0 Å². The number of hydrogen-bond acceptors (Lipinski definition) is 4. The summed E-state index contributed by atoms with van der Waals surface area (Å²) in [5, 5.41) is 5.92. The van der Waals surface area contributed by atoms with Crippen molar-refractivity contribution in [2.75, 3.05) is 24.2 Å². The van der Waals surface area contributed by atoms with Crippen molar-refractivity contribution in [3.63, 3.8) is 0 Å². The minimum atomic E-state index is -4.10. The number of halogens is 3. The highest BCUT2D eigenvalue weighted by Crippen LogP contribution is 2.23. The lowest BCUT2D eigenvalue weighted by atomic mass is 10.1. The summed E-state index contributed by atoms with van der Waals surface area (Å²) in [4.78, 5) is 8.20. The summed E-state index contributed by atoms with van der Waals surface area (Å²) < 4.78 is 36.1. The number of nitrogens with one attached hydrogen (secondary N) is 2. The summed E-state index contributed by atoms with van der Waals surface area (Å²) in [7, 11) is 1.76. The van der Waals surface area contributed by atoms with Crippen molar-refractivity contribution in [1.29, 1.82) is 0 Å². The van der Waals surface area contributed by atoms with Crippen LogP contribution in [0, 0.1) is 0 Å². The van der Waals surface area contributed by atoms with Gasteiger partial charge in [0.2, 0.25) is 0 Å². The molecule has 108 valence electrons. The maximum atomic E-state index is 12.0. The number of nitrogens with zero attached hydrogens (tertiary/aromatic N) is 2. The Kier molecular flexibility index (Phi) is 5.85. The van der Waals surface area contributed by atoms with Crippen molar-refractivity contribution < 1.29 is 13.2 Å². The van der Waals surface area contributed by atoms with Gasteiger partial charge in [0.1, 0.15) is 18.0 Å². The summed E-state index contributed by atoms with van der Waals surface area (Å²) in [6.45, 7) is 2.27. The van der Waals surface area contributed by atoms with Gasteiger partial charge in [-0.05, 0) is 12.8 Å². The average Bonchev–Trinajstić information content (AvgIpc) is 2.35. The first-order valence-corrected chi connectivity index (χ1v) is 6.30.